The lowest BCUT2D eigenvalue weighted by molar-refractivity contribution is -0.139. The summed E-state index contributed by atoms with van der Waals surface area (Å²) in [5.74, 6) is -0.724. The van der Waals surface area contributed by atoms with Crippen LogP contribution in [0.3, 0.4) is 0 Å². The van der Waals surface area contributed by atoms with Gasteiger partial charge in [-0.3, -0.25) is 0 Å². The summed E-state index contributed by atoms with van der Waals surface area (Å²) < 4.78 is 11.0. The van der Waals surface area contributed by atoms with E-state index in [4.69, 9.17) is 26.0 Å². The summed E-state index contributed by atoms with van der Waals surface area (Å²) in [6.07, 6.45) is 1.32. The molecule has 0 atom stereocenters. The first-order valence-corrected chi connectivity index (χ1v) is 6.07. The van der Waals surface area contributed by atoms with Crippen molar-refractivity contribution >= 4 is 34.1 Å². The van der Waals surface area contributed by atoms with Gasteiger partial charge in [0.05, 0.1) is 13.3 Å². The SMILES string of the molecule is COc1cc(Br)cc(C=NN=C(N)N)c1OCC(=O)O. The Labute approximate surface area is 123 Å². The molecule has 0 aliphatic heterocycles. The molecule has 0 saturated heterocycles. The third-order valence-corrected chi connectivity index (χ3v) is 2.44. The van der Waals surface area contributed by atoms with E-state index in [0.717, 1.165) is 0 Å². The molecule has 0 bridgehead atoms. The van der Waals surface area contributed by atoms with Crippen LogP contribution in [0.2, 0.25) is 0 Å². The van der Waals surface area contributed by atoms with E-state index >= 15 is 0 Å². The normalized spacial score (nSPS) is 10.3. The zero-order chi connectivity index (χ0) is 15.1. The van der Waals surface area contributed by atoms with Crippen LogP contribution in [-0.2, 0) is 4.79 Å². The Morgan fingerprint density at radius 2 is 2.20 bits per heavy atom. The van der Waals surface area contributed by atoms with E-state index in [1.54, 1.807) is 12.1 Å². The number of rotatable bonds is 6. The maximum Gasteiger partial charge on any atom is 0.341 e. The summed E-state index contributed by atoms with van der Waals surface area (Å²) in [4.78, 5) is 10.6. The van der Waals surface area contributed by atoms with Crippen molar-refractivity contribution in [2.75, 3.05) is 13.7 Å². The van der Waals surface area contributed by atoms with Crippen molar-refractivity contribution in [1.82, 2.24) is 0 Å². The van der Waals surface area contributed by atoms with Gasteiger partial charge in [0.1, 0.15) is 0 Å². The van der Waals surface area contributed by atoms with Crippen LogP contribution in [-0.4, -0.2) is 37.0 Å². The first-order chi connectivity index (χ1) is 9.43. The summed E-state index contributed by atoms with van der Waals surface area (Å²) in [7, 11) is 1.44. The Bertz CT molecular complexity index is 556. The van der Waals surface area contributed by atoms with Gasteiger partial charge in [-0.25, -0.2) is 4.79 Å². The predicted octanol–water partition coefficient (Wildman–Crippen LogP) is 0.528. The number of aliphatic carboxylic acids is 1. The van der Waals surface area contributed by atoms with Crippen LogP contribution in [0.15, 0.2) is 26.8 Å². The average molecular weight is 345 g/mol. The van der Waals surface area contributed by atoms with E-state index in [1.807, 2.05) is 0 Å². The molecule has 0 amide bonds. The van der Waals surface area contributed by atoms with Crippen LogP contribution in [0.4, 0.5) is 0 Å². The summed E-state index contributed by atoms with van der Waals surface area (Å²) in [5, 5.41) is 15.8. The van der Waals surface area contributed by atoms with Gasteiger partial charge in [0.2, 0.25) is 5.96 Å². The molecule has 8 nitrogen and oxygen atoms in total. The maximum atomic E-state index is 10.6. The van der Waals surface area contributed by atoms with E-state index < -0.39 is 12.6 Å². The van der Waals surface area contributed by atoms with Crippen molar-refractivity contribution in [2.24, 2.45) is 21.7 Å². The minimum Gasteiger partial charge on any atom is -0.493 e. The van der Waals surface area contributed by atoms with Gasteiger partial charge >= 0.3 is 5.97 Å². The molecule has 0 aliphatic rings. The number of halogens is 1. The van der Waals surface area contributed by atoms with Gasteiger partial charge in [0.25, 0.3) is 0 Å². The molecule has 20 heavy (non-hydrogen) atoms. The Kier molecular flexibility index (Phi) is 5.78. The number of nitrogens with zero attached hydrogens (tertiary/aromatic N) is 2. The van der Waals surface area contributed by atoms with E-state index in [-0.39, 0.29) is 11.7 Å². The monoisotopic (exact) mass is 344 g/mol. The molecule has 1 rings (SSSR count). The third-order valence-electron chi connectivity index (χ3n) is 1.98. The third kappa shape index (κ3) is 4.76. The van der Waals surface area contributed by atoms with Gasteiger partial charge in [0, 0.05) is 10.0 Å². The molecular formula is C11H13BrN4O4. The van der Waals surface area contributed by atoms with Crippen molar-refractivity contribution in [3.63, 3.8) is 0 Å². The van der Waals surface area contributed by atoms with Crippen molar-refractivity contribution in [2.45, 2.75) is 0 Å². The number of hydrogen-bond donors (Lipinski definition) is 3. The molecule has 9 heteroatoms. The smallest absolute Gasteiger partial charge is 0.341 e. The Morgan fingerprint density at radius 1 is 1.50 bits per heavy atom. The van der Waals surface area contributed by atoms with Crippen LogP contribution in [0.1, 0.15) is 5.56 Å². The molecule has 1 aromatic carbocycles. The van der Waals surface area contributed by atoms with Crippen LogP contribution < -0.4 is 20.9 Å². The fourth-order valence-corrected chi connectivity index (χ4v) is 1.74. The Balaban J connectivity index is 3.17. The number of methoxy groups -OCH3 is 1. The fourth-order valence-electron chi connectivity index (χ4n) is 1.28. The zero-order valence-electron chi connectivity index (χ0n) is 10.5. The van der Waals surface area contributed by atoms with Crippen LogP contribution in [0.25, 0.3) is 0 Å². The van der Waals surface area contributed by atoms with Crippen molar-refractivity contribution in [3.8, 4) is 11.5 Å². The lowest BCUT2D eigenvalue weighted by Crippen LogP contribution is -2.21. The highest BCUT2D eigenvalue weighted by Gasteiger charge is 2.13. The number of nitrogens with two attached hydrogens (primary N) is 2. The van der Waals surface area contributed by atoms with Gasteiger partial charge in [-0.1, -0.05) is 15.9 Å². The highest BCUT2D eigenvalue weighted by atomic mass is 79.9. The summed E-state index contributed by atoms with van der Waals surface area (Å²) >= 11 is 3.29. The van der Waals surface area contributed by atoms with E-state index in [9.17, 15) is 4.79 Å². The largest absolute Gasteiger partial charge is 0.493 e. The first kappa shape index (κ1) is 15.8. The van der Waals surface area contributed by atoms with Gasteiger partial charge in [0.15, 0.2) is 18.1 Å². The first-order valence-electron chi connectivity index (χ1n) is 5.28. The predicted molar refractivity (Wildman–Crippen MR) is 77.2 cm³/mol. The van der Waals surface area contributed by atoms with Gasteiger partial charge in [-0.2, -0.15) is 5.10 Å². The van der Waals surface area contributed by atoms with Crippen LogP contribution in [0, 0.1) is 0 Å². The summed E-state index contributed by atoms with van der Waals surface area (Å²) in [5.41, 5.74) is 10.8. The minimum atomic E-state index is -1.11. The van der Waals surface area contributed by atoms with Gasteiger partial charge in [-0.05, 0) is 12.1 Å². The molecule has 0 aromatic heterocycles. The molecular weight excluding hydrogens is 332 g/mol. The molecule has 0 unspecified atom stereocenters. The van der Waals surface area contributed by atoms with Crippen LogP contribution in [0.5, 0.6) is 11.5 Å². The number of carboxylic acid groups (broad SMARTS) is 1. The quantitative estimate of drug-likeness (QED) is 0.391. The number of carbonyl (C=O) groups is 1. The van der Waals surface area contributed by atoms with Crippen molar-refractivity contribution in [1.29, 1.82) is 0 Å². The molecule has 0 spiro atoms. The lowest BCUT2D eigenvalue weighted by atomic mass is 10.2. The standard InChI is InChI=1S/C11H13BrN4O4/c1-19-8-3-7(12)2-6(4-15-16-11(13)14)10(8)20-5-9(17)18/h2-4H,5H2,1H3,(H,17,18)(H4,13,14,16). The Morgan fingerprint density at radius 3 is 2.75 bits per heavy atom. The molecule has 5 N–H and O–H groups in total. The number of hydrogen-bond acceptors (Lipinski definition) is 5. The number of guanidine groups is 1. The van der Waals surface area contributed by atoms with E-state index in [1.165, 1.54) is 13.3 Å². The van der Waals surface area contributed by atoms with Crippen LogP contribution >= 0.6 is 15.9 Å². The van der Waals surface area contributed by atoms with E-state index in [2.05, 4.69) is 26.1 Å². The minimum absolute atomic E-state index is 0.198. The molecule has 0 radical (unpaired) electrons. The molecule has 0 aliphatic carbocycles. The highest BCUT2D eigenvalue weighted by molar-refractivity contribution is 9.10. The second kappa shape index (κ2) is 7.34. The molecule has 0 fully saturated rings. The second-order valence-electron chi connectivity index (χ2n) is 3.48. The molecule has 0 saturated carbocycles. The molecule has 1 aromatic rings. The molecule has 108 valence electrons. The number of carboxylic acids is 1. The Hall–Kier alpha value is -2.29. The topological polar surface area (TPSA) is 133 Å². The van der Waals surface area contributed by atoms with E-state index in [0.29, 0.717) is 15.8 Å². The summed E-state index contributed by atoms with van der Waals surface area (Å²) in [6.45, 7) is -0.513. The van der Waals surface area contributed by atoms with Gasteiger partial charge < -0.3 is 26.0 Å². The number of benzene rings is 1. The number of ether oxygens (including phenoxy) is 2. The summed E-state index contributed by atoms with van der Waals surface area (Å²) in [6, 6.07) is 3.29. The average Bonchev–Trinajstić information content (AvgIpc) is 2.36. The lowest BCUT2D eigenvalue weighted by Gasteiger charge is -2.12. The zero-order valence-corrected chi connectivity index (χ0v) is 12.1. The second-order valence-corrected chi connectivity index (χ2v) is 4.39. The van der Waals surface area contributed by atoms with Gasteiger partial charge in [-0.15, -0.1) is 5.10 Å². The maximum absolute atomic E-state index is 10.6. The van der Waals surface area contributed by atoms with Crippen molar-refractivity contribution < 1.29 is 19.4 Å². The van der Waals surface area contributed by atoms with Crippen molar-refractivity contribution in [3.05, 3.63) is 22.2 Å². The molecule has 0 heterocycles. The highest BCUT2D eigenvalue weighted by Crippen LogP contribution is 2.34. The fraction of sp³-hybridized carbons (Fsp3) is 0.182.